The van der Waals surface area contributed by atoms with Gasteiger partial charge in [0.25, 0.3) is 0 Å². The number of nitrogens with one attached hydrogen (secondary N) is 1. The van der Waals surface area contributed by atoms with Crippen LogP contribution in [0.3, 0.4) is 0 Å². The Labute approximate surface area is 126 Å². The van der Waals surface area contributed by atoms with Crippen molar-refractivity contribution in [2.45, 2.75) is 19.9 Å². The summed E-state index contributed by atoms with van der Waals surface area (Å²) in [5, 5.41) is 3.25. The van der Waals surface area contributed by atoms with E-state index in [1.165, 1.54) is 0 Å². The van der Waals surface area contributed by atoms with E-state index >= 15 is 0 Å². The molecule has 0 aliphatic rings. The van der Waals surface area contributed by atoms with Crippen LogP contribution in [0.15, 0.2) is 40.9 Å². The maximum Gasteiger partial charge on any atom is 0.131 e. The normalized spacial score (nSPS) is 12.4. The van der Waals surface area contributed by atoms with Crippen molar-refractivity contribution in [2.75, 3.05) is 6.54 Å². The second kappa shape index (κ2) is 6.46. The lowest BCUT2D eigenvalue weighted by molar-refractivity contribution is 0.537. The Morgan fingerprint density at radius 3 is 2.45 bits per heavy atom. The van der Waals surface area contributed by atoms with E-state index in [0.29, 0.717) is 17.7 Å². The van der Waals surface area contributed by atoms with Crippen LogP contribution in [0.5, 0.6) is 0 Å². The molecule has 1 N–H and O–H groups in total. The molecule has 0 bridgehead atoms. The highest BCUT2D eigenvalue weighted by molar-refractivity contribution is 9.10. The standard InChI is InChI=1S/C16H16BrF2N/c1-3-20-16(11-6-4-5-7-13(11)17)12-8-10(2)14(18)9-15(12)19/h4-9,16,20H,3H2,1-2H3. The molecule has 0 radical (unpaired) electrons. The van der Waals surface area contributed by atoms with Gasteiger partial charge < -0.3 is 5.32 Å². The van der Waals surface area contributed by atoms with E-state index in [1.807, 2.05) is 31.2 Å². The minimum Gasteiger partial charge on any atom is -0.306 e. The third-order valence-corrected chi connectivity index (χ3v) is 3.94. The van der Waals surface area contributed by atoms with E-state index in [4.69, 9.17) is 0 Å². The molecule has 1 nitrogen and oxygen atoms in total. The molecule has 0 aromatic heterocycles. The van der Waals surface area contributed by atoms with Gasteiger partial charge in [-0.25, -0.2) is 8.78 Å². The van der Waals surface area contributed by atoms with Crippen LogP contribution in [-0.2, 0) is 0 Å². The SMILES string of the molecule is CCNC(c1cc(C)c(F)cc1F)c1ccccc1Br. The van der Waals surface area contributed by atoms with Gasteiger partial charge in [0.05, 0.1) is 6.04 Å². The van der Waals surface area contributed by atoms with Gasteiger partial charge in [0.15, 0.2) is 0 Å². The molecular formula is C16H16BrF2N. The first-order chi connectivity index (χ1) is 9.54. The van der Waals surface area contributed by atoms with Crippen LogP contribution in [-0.4, -0.2) is 6.54 Å². The van der Waals surface area contributed by atoms with Gasteiger partial charge in [0, 0.05) is 16.1 Å². The van der Waals surface area contributed by atoms with Crippen molar-refractivity contribution in [3.8, 4) is 0 Å². The highest BCUT2D eigenvalue weighted by Crippen LogP contribution is 2.31. The monoisotopic (exact) mass is 339 g/mol. The van der Waals surface area contributed by atoms with Gasteiger partial charge in [0.2, 0.25) is 0 Å². The Morgan fingerprint density at radius 1 is 1.10 bits per heavy atom. The fraction of sp³-hybridized carbons (Fsp3) is 0.250. The van der Waals surface area contributed by atoms with Gasteiger partial charge in [-0.05, 0) is 36.7 Å². The lowest BCUT2D eigenvalue weighted by atomic mass is 9.96. The topological polar surface area (TPSA) is 12.0 Å². The number of hydrogen-bond acceptors (Lipinski definition) is 1. The number of halogens is 3. The maximum absolute atomic E-state index is 14.1. The fourth-order valence-corrected chi connectivity index (χ4v) is 2.72. The molecule has 0 aliphatic heterocycles. The molecule has 4 heteroatoms. The van der Waals surface area contributed by atoms with Gasteiger partial charge in [-0.15, -0.1) is 0 Å². The summed E-state index contributed by atoms with van der Waals surface area (Å²) >= 11 is 3.49. The van der Waals surface area contributed by atoms with Gasteiger partial charge in [0.1, 0.15) is 11.6 Å². The summed E-state index contributed by atoms with van der Waals surface area (Å²) in [6.45, 7) is 4.28. The number of aryl methyl sites for hydroxylation is 1. The average molecular weight is 340 g/mol. The van der Waals surface area contributed by atoms with E-state index in [2.05, 4.69) is 21.2 Å². The Morgan fingerprint density at radius 2 is 1.80 bits per heavy atom. The first kappa shape index (κ1) is 15.1. The largest absolute Gasteiger partial charge is 0.306 e. The summed E-state index contributed by atoms with van der Waals surface area (Å²) < 4.78 is 28.4. The minimum absolute atomic E-state index is 0.310. The van der Waals surface area contributed by atoms with Crippen molar-refractivity contribution in [1.82, 2.24) is 5.32 Å². The Bertz CT molecular complexity index is 613. The molecule has 2 aromatic rings. The van der Waals surface area contributed by atoms with E-state index in [1.54, 1.807) is 13.0 Å². The third-order valence-electron chi connectivity index (χ3n) is 3.21. The van der Waals surface area contributed by atoms with Crippen LogP contribution in [0.1, 0.15) is 29.7 Å². The summed E-state index contributed by atoms with van der Waals surface area (Å²) in [6.07, 6.45) is 0. The van der Waals surface area contributed by atoms with Crippen LogP contribution in [0.4, 0.5) is 8.78 Å². The molecule has 1 unspecified atom stereocenters. The smallest absolute Gasteiger partial charge is 0.131 e. The number of hydrogen-bond donors (Lipinski definition) is 1. The van der Waals surface area contributed by atoms with E-state index in [0.717, 1.165) is 16.1 Å². The van der Waals surface area contributed by atoms with Crippen molar-refractivity contribution in [3.63, 3.8) is 0 Å². The first-order valence-corrected chi connectivity index (χ1v) is 7.27. The Balaban J connectivity index is 2.54. The zero-order chi connectivity index (χ0) is 14.7. The van der Waals surface area contributed by atoms with Crippen molar-refractivity contribution in [2.24, 2.45) is 0 Å². The zero-order valence-electron chi connectivity index (χ0n) is 11.4. The van der Waals surface area contributed by atoms with Crippen LogP contribution >= 0.6 is 15.9 Å². The third kappa shape index (κ3) is 3.07. The van der Waals surface area contributed by atoms with Gasteiger partial charge in [-0.2, -0.15) is 0 Å². The van der Waals surface area contributed by atoms with Crippen molar-refractivity contribution >= 4 is 15.9 Å². The minimum atomic E-state index is -0.533. The molecule has 20 heavy (non-hydrogen) atoms. The van der Waals surface area contributed by atoms with E-state index < -0.39 is 11.6 Å². The summed E-state index contributed by atoms with van der Waals surface area (Å²) in [4.78, 5) is 0. The quantitative estimate of drug-likeness (QED) is 0.848. The molecule has 0 aliphatic carbocycles. The predicted molar refractivity (Wildman–Crippen MR) is 80.8 cm³/mol. The fourth-order valence-electron chi connectivity index (χ4n) is 2.20. The average Bonchev–Trinajstić information content (AvgIpc) is 2.42. The highest BCUT2D eigenvalue weighted by Gasteiger charge is 2.20. The van der Waals surface area contributed by atoms with Crippen molar-refractivity contribution in [3.05, 3.63) is 69.2 Å². The first-order valence-electron chi connectivity index (χ1n) is 6.48. The van der Waals surface area contributed by atoms with E-state index in [9.17, 15) is 8.78 Å². The molecule has 0 spiro atoms. The van der Waals surface area contributed by atoms with Gasteiger partial charge in [-0.3, -0.25) is 0 Å². The second-order valence-corrected chi connectivity index (χ2v) is 5.49. The van der Waals surface area contributed by atoms with Crippen molar-refractivity contribution in [1.29, 1.82) is 0 Å². The summed E-state index contributed by atoms with van der Waals surface area (Å²) in [5.41, 5.74) is 1.83. The lowest BCUT2D eigenvalue weighted by Gasteiger charge is -2.21. The molecule has 0 amide bonds. The molecule has 106 valence electrons. The number of benzene rings is 2. The Hall–Kier alpha value is -1.26. The summed E-state index contributed by atoms with van der Waals surface area (Å²) in [7, 11) is 0. The van der Waals surface area contributed by atoms with Crippen LogP contribution in [0.2, 0.25) is 0 Å². The summed E-state index contributed by atoms with van der Waals surface area (Å²) in [5.74, 6) is -1.05. The summed E-state index contributed by atoms with van der Waals surface area (Å²) in [6, 6.07) is 9.85. The molecule has 0 fully saturated rings. The molecule has 1 atom stereocenters. The van der Waals surface area contributed by atoms with Crippen LogP contribution in [0, 0.1) is 18.6 Å². The highest BCUT2D eigenvalue weighted by atomic mass is 79.9. The van der Waals surface area contributed by atoms with Gasteiger partial charge in [-0.1, -0.05) is 41.1 Å². The Kier molecular flexibility index (Phi) is 4.89. The van der Waals surface area contributed by atoms with E-state index in [-0.39, 0.29) is 6.04 Å². The molecule has 2 aromatic carbocycles. The number of rotatable bonds is 4. The zero-order valence-corrected chi connectivity index (χ0v) is 13.0. The predicted octanol–water partition coefficient (Wildman–Crippen LogP) is 4.73. The molecular weight excluding hydrogens is 324 g/mol. The maximum atomic E-state index is 14.1. The van der Waals surface area contributed by atoms with Crippen LogP contribution in [0.25, 0.3) is 0 Å². The van der Waals surface area contributed by atoms with Crippen LogP contribution < -0.4 is 5.32 Å². The van der Waals surface area contributed by atoms with Crippen molar-refractivity contribution < 1.29 is 8.78 Å². The van der Waals surface area contributed by atoms with Gasteiger partial charge >= 0.3 is 0 Å². The molecule has 0 saturated carbocycles. The molecule has 2 rings (SSSR count). The molecule has 0 saturated heterocycles. The second-order valence-electron chi connectivity index (χ2n) is 4.64. The molecule has 0 heterocycles. The lowest BCUT2D eigenvalue weighted by Crippen LogP contribution is -2.23.